The van der Waals surface area contributed by atoms with Crippen LogP contribution < -0.4 is 9.61 Å². The quantitative estimate of drug-likeness (QED) is 0.619. The van der Waals surface area contributed by atoms with E-state index in [1.807, 2.05) is 25.1 Å². The summed E-state index contributed by atoms with van der Waals surface area (Å²) < 4.78 is 17.6. The molecule has 0 aliphatic heterocycles. The molecule has 3 nitrogen and oxygen atoms in total. The summed E-state index contributed by atoms with van der Waals surface area (Å²) in [5.41, 5.74) is 0. The molecule has 15 heavy (non-hydrogen) atoms. The van der Waals surface area contributed by atoms with Gasteiger partial charge in [0.25, 0.3) is 0 Å². The Labute approximate surface area is 96.1 Å². The molecular formula is C10H16NO2PS. The van der Waals surface area contributed by atoms with Gasteiger partial charge < -0.3 is 4.52 Å². The molecule has 0 heterocycles. The highest BCUT2D eigenvalue weighted by Gasteiger charge is 2.23. The van der Waals surface area contributed by atoms with Gasteiger partial charge in [-0.2, -0.15) is 12.6 Å². The average molecular weight is 245 g/mol. The van der Waals surface area contributed by atoms with Crippen molar-refractivity contribution >= 4 is 20.1 Å². The van der Waals surface area contributed by atoms with Crippen molar-refractivity contribution in [3.63, 3.8) is 0 Å². The molecule has 0 amide bonds. The Morgan fingerprint density at radius 2 is 2.07 bits per heavy atom. The molecule has 2 unspecified atom stereocenters. The number of thiol groups is 1. The first kappa shape index (κ1) is 12.6. The van der Waals surface area contributed by atoms with Crippen molar-refractivity contribution in [3.8, 4) is 5.75 Å². The standard InChI is InChI=1S/C10H16NO2PS/c1-9(15)8-14(12,11-2)13-10-6-4-3-5-7-10/h3-7,9,15H,8H2,1-2H3,(H,11,12). The fourth-order valence-electron chi connectivity index (χ4n) is 1.17. The fraction of sp³-hybridized carbons (Fsp3) is 0.400. The van der Waals surface area contributed by atoms with Crippen molar-refractivity contribution in [2.45, 2.75) is 12.2 Å². The average Bonchev–Trinajstić information content (AvgIpc) is 2.18. The Morgan fingerprint density at radius 1 is 1.47 bits per heavy atom. The van der Waals surface area contributed by atoms with Gasteiger partial charge in [-0.25, -0.2) is 5.09 Å². The first-order valence-corrected chi connectivity index (χ1v) is 7.09. The first-order chi connectivity index (χ1) is 7.06. The minimum absolute atomic E-state index is 0.0343. The van der Waals surface area contributed by atoms with Gasteiger partial charge in [-0.1, -0.05) is 25.1 Å². The Bertz CT molecular complexity index is 343. The fourth-order valence-corrected chi connectivity index (χ4v) is 3.32. The van der Waals surface area contributed by atoms with Crippen LogP contribution in [0.2, 0.25) is 0 Å². The summed E-state index contributed by atoms with van der Waals surface area (Å²) in [5.74, 6) is 0.615. The van der Waals surface area contributed by atoms with Crippen LogP contribution in [0.1, 0.15) is 6.92 Å². The van der Waals surface area contributed by atoms with Gasteiger partial charge in [0, 0.05) is 5.25 Å². The lowest BCUT2D eigenvalue weighted by Gasteiger charge is -2.19. The molecule has 84 valence electrons. The number of para-hydroxylation sites is 1. The van der Waals surface area contributed by atoms with Crippen molar-refractivity contribution in [2.75, 3.05) is 13.2 Å². The van der Waals surface area contributed by atoms with Crippen LogP contribution in [-0.4, -0.2) is 18.5 Å². The topological polar surface area (TPSA) is 38.3 Å². The molecular weight excluding hydrogens is 229 g/mol. The SMILES string of the molecule is CNP(=O)(CC(C)S)Oc1ccccc1. The predicted molar refractivity (Wildman–Crippen MR) is 67.1 cm³/mol. The van der Waals surface area contributed by atoms with Crippen LogP contribution >= 0.6 is 20.1 Å². The molecule has 0 aliphatic rings. The van der Waals surface area contributed by atoms with Crippen molar-refractivity contribution in [1.29, 1.82) is 0 Å². The van der Waals surface area contributed by atoms with Gasteiger partial charge in [0.05, 0.1) is 6.16 Å². The summed E-state index contributed by atoms with van der Waals surface area (Å²) in [7, 11) is -1.17. The van der Waals surface area contributed by atoms with E-state index in [0.717, 1.165) is 0 Å². The Balaban J connectivity index is 2.73. The van der Waals surface area contributed by atoms with Gasteiger partial charge in [-0.15, -0.1) is 0 Å². The Kier molecular flexibility index (Phi) is 4.71. The van der Waals surface area contributed by atoms with E-state index in [9.17, 15) is 4.57 Å². The predicted octanol–water partition coefficient (Wildman–Crippen LogP) is 2.80. The number of hydrogen-bond donors (Lipinski definition) is 2. The van der Waals surface area contributed by atoms with E-state index >= 15 is 0 Å². The maximum atomic E-state index is 12.2. The third-order valence-corrected chi connectivity index (χ3v) is 4.53. The van der Waals surface area contributed by atoms with Crippen molar-refractivity contribution in [3.05, 3.63) is 30.3 Å². The van der Waals surface area contributed by atoms with Crippen molar-refractivity contribution < 1.29 is 9.09 Å². The second kappa shape index (κ2) is 5.59. The van der Waals surface area contributed by atoms with Crippen LogP contribution in [-0.2, 0) is 4.57 Å². The summed E-state index contributed by atoms with van der Waals surface area (Å²) in [5, 5.41) is 2.78. The van der Waals surface area contributed by atoms with Crippen LogP contribution in [0.3, 0.4) is 0 Å². The zero-order valence-corrected chi connectivity index (χ0v) is 10.7. The van der Waals surface area contributed by atoms with Gasteiger partial charge in [0.2, 0.25) is 0 Å². The minimum atomic E-state index is -2.80. The lowest BCUT2D eigenvalue weighted by molar-refractivity contribution is 0.471. The van der Waals surface area contributed by atoms with E-state index in [1.165, 1.54) is 0 Å². The number of benzene rings is 1. The summed E-state index contributed by atoms with van der Waals surface area (Å²) in [4.78, 5) is 0. The second-order valence-corrected chi connectivity index (χ2v) is 6.56. The number of rotatable bonds is 5. The second-order valence-electron chi connectivity index (χ2n) is 3.33. The van der Waals surface area contributed by atoms with Gasteiger partial charge >= 0.3 is 7.52 Å². The molecule has 1 rings (SSSR count). The van der Waals surface area contributed by atoms with E-state index in [4.69, 9.17) is 4.52 Å². The van der Waals surface area contributed by atoms with Crippen LogP contribution in [0.5, 0.6) is 5.75 Å². The smallest absolute Gasteiger partial charge is 0.317 e. The molecule has 0 bridgehead atoms. The molecule has 0 saturated heterocycles. The molecule has 1 N–H and O–H groups in total. The van der Waals surface area contributed by atoms with Crippen LogP contribution in [0.15, 0.2) is 30.3 Å². The molecule has 1 aromatic carbocycles. The Morgan fingerprint density at radius 3 is 2.53 bits per heavy atom. The third kappa shape index (κ3) is 4.29. The van der Waals surface area contributed by atoms with E-state index in [1.54, 1.807) is 19.2 Å². The largest absolute Gasteiger partial charge is 0.433 e. The van der Waals surface area contributed by atoms with Gasteiger partial charge in [0.15, 0.2) is 0 Å². The molecule has 0 aliphatic carbocycles. The van der Waals surface area contributed by atoms with E-state index in [2.05, 4.69) is 17.7 Å². The third-order valence-electron chi connectivity index (χ3n) is 1.84. The normalized spacial score (nSPS) is 16.7. The van der Waals surface area contributed by atoms with E-state index in [0.29, 0.717) is 11.9 Å². The van der Waals surface area contributed by atoms with E-state index < -0.39 is 7.52 Å². The van der Waals surface area contributed by atoms with Crippen molar-refractivity contribution in [2.24, 2.45) is 0 Å². The highest BCUT2D eigenvalue weighted by atomic mass is 32.1. The molecule has 0 fully saturated rings. The maximum absolute atomic E-state index is 12.2. The highest BCUT2D eigenvalue weighted by Crippen LogP contribution is 2.43. The van der Waals surface area contributed by atoms with E-state index in [-0.39, 0.29) is 5.25 Å². The van der Waals surface area contributed by atoms with Crippen molar-refractivity contribution in [1.82, 2.24) is 5.09 Å². The molecule has 0 radical (unpaired) electrons. The summed E-state index contributed by atoms with van der Waals surface area (Å²) in [6.45, 7) is 1.89. The lowest BCUT2D eigenvalue weighted by Crippen LogP contribution is -2.16. The molecule has 0 aromatic heterocycles. The number of hydrogen-bond acceptors (Lipinski definition) is 3. The molecule has 5 heteroatoms. The molecule has 2 atom stereocenters. The van der Waals surface area contributed by atoms with Crippen LogP contribution in [0.4, 0.5) is 0 Å². The number of nitrogens with one attached hydrogen (secondary N) is 1. The maximum Gasteiger partial charge on any atom is 0.317 e. The van der Waals surface area contributed by atoms with Gasteiger partial charge in [-0.3, -0.25) is 4.57 Å². The zero-order valence-electron chi connectivity index (χ0n) is 8.88. The van der Waals surface area contributed by atoms with Crippen LogP contribution in [0.25, 0.3) is 0 Å². The first-order valence-electron chi connectivity index (χ1n) is 4.76. The highest BCUT2D eigenvalue weighted by molar-refractivity contribution is 7.81. The summed E-state index contributed by atoms with van der Waals surface area (Å²) in [6.07, 6.45) is 0.404. The van der Waals surface area contributed by atoms with Gasteiger partial charge in [0.1, 0.15) is 5.75 Å². The molecule has 0 saturated carbocycles. The molecule has 0 spiro atoms. The van der Waals surface area contributed by atoms with Gasteiger partial charge in [-0.05, 0) is 19.2 Å². The summed E-state index contributed by atoms with van der Waals surface area (Å²) in [6, 6.07) is 9.15. The monoisotopic (exact) mass is 245 g/mol. The zero-order chi connectivity index (χ0) is 11.3. The van der Waals surface area contributed by atoms with Crippen LogP contribution in [0, 0.1) is 0 Å². The minimum Gasteiger partial charge on any atom is -0.433 e. The Hall–Kier alpha value is -0.440. The molecule has 1 aromatic rings. The lowest BCUT2D eigenvalue weighted by atomic mass is 10.3. The summed E-state index contributed by atoms with van der Waals surface area (Å²) >= 11 is 4.22.